The fourth-order valence-corrected chi connectivity index (χ4v) is 2.91. The molecule has 0 fully saturated rings. The van der Waals surface area contributed by atoms with Gasteiger partial charge in [-0.05, 0) is 38.8 Å². The van der Waals surface area contributed by atoms with Crippen molar-refractivity contribution >= 4 is 16.8 Å². The number of carboxylic acid groups (broad SMARTS) is 1. The lowest BCUT2D eigenvalue weighted by molar-refractivity contribution is 0.0693. The first-order valence-electron chi connectivity index (χ1n) is 5.99. The molecular weight excluding hydrogens is 262 g/mol. The van der Waals surface area contributed by atoms with Crippen LogP contribution < -0.4 is 0 Å². The van der Waals surface area contributed by atoms with Crippen LogP contribution in [0.1, 0.15) is 37.0 Å². The lowest BCUT2D eigenvalue weighted by atomic mass is 9.90. The first kappa shape index (κ1) is 15.4. The van der Waals surface area contributed by atoms with Gasteiger partial charge in [0.15, 0.2) is 0 Å². The van der Waals surface area contributed by atoms with Crippen molar-refractivity contribution in [3.63, 3.8) is 0 Å². The minimum Gasteiger partial charge on any atom is -0.478 e. The summed E-state index contributed by atoms with van der Waals surface area (Å²) >= 11 is 0. The van der Waals surface area contributed by atoms with Crippen LogP contribution in [-0.2, 0) is 10.8 Å². The summed E-state index contributed by atoms with van der Waals surface area (Å²) in [6.07, 6.45) is 1.27. The Balaban J connectivity index is 2.70. The molecule has 1 aromatic rings. The standard InChI is InChI=1S/C14H17NO3S/c1-14(2,10-15)8-5-9-19(18)12-7-4-3-6-11(12)13(16)17/h3-4,6-7H,5,8-9H2,1-2H3,(H,16,17). The molecule has 1 unspecified atom stereocenters. The molecule has 0 radical (unpaired) electrons. The summed E-state index contributed by atoms with van der Waals surface area (Å²) < 4.78 is 12.1. The molecule has 1 aromatic carbocycles. The van der Waals surface area contributed by atoms with Crippen molar-refractivity contribution < 1.29 is 14.1 Å². The van der Waals surface area contributed by atoms with E-state index in [0.29, 0.717) is 23.5 Å². The van der Waals surface area contributed by atoms with E-state index in [9.17, 15) is 9.00 Å². The third-order valence-electron chi connectivity index (χ3n) is 2.80. The minimum atomic E-state index is -1.34. The summed E-state index contributed by atoms with van der Waals surface area (Å²) in [6.45, 7) is 3.67. The quantitative estimate of drug-likeness (QED) is 0.868. The largest absolute Gasteiger partial charge is 0.478 e. The highest BCUT2D eigenvalue weighted by Gasteiger charge is 2.18. The summed E-state index contributed by atoms with van der Waals surface area (Å²) in [5, 5.41) is 17.9. The van der Waals surface area contributed by atoms with Crippen molar-refractivity contribution in [2.75, 3.05) is 5.75 Å². The SMILES string of the molecule is CC(C)(C#N)CCCS(=O)c1ccccc1C(=O)O. The van der Waals surface area contributed by atoms with Crippen LogP contribution in [0.2, 0.25) is 0 Å². The second kappa shape index (κ2) is 6.48. The summed E-state index contributed by atoms with van der Waals surface area (Å²) in [5.41, 5.74) is -0.350. The molecule has 0 aliphatic carbocycles. The second-order valence-corrected chi connectivity index (χ2v) is 6.49. The highest BCUT2D eigenvalue weighted by atomic mass is 32.2. The van der Waals surface area contributed by atoms with Gasteiger partial charge in [-0.15, -0.1) is 0 Å². The number of aromatic carboxylic acids is 1. The minimum absolute atomic E-state index is 0.0837. The van der Waals surface area contributed by atoms with Crippen molar-refractivity contribution in [1.82, 2.24) is 0 Å². The Hall–Kier alpha value is -1.67. The molecule has 4 nitrogen and oxygen atoms in total. The number of nitriles is 1. The topological polar surface area (TPSA) is 78.2 Å². The van der Waals surface area contributed by atoms with Gasteiger partial charge in [-0.3, -0.25) is 4.21 Å². The third kappa shape index (κ3) is 4.49. The zero-order chi connectivity index (χ0) is 14.5. The Morgan fingerprint density at radius 2 is 2.05 bits per heavy atom. The molecule has 0 saturated heterocycles. The van der Waals surface area contributed by atoms with E-state index in [4.69, 9.17) is 10.4 Å². The molecule has 5 heteroatoms. The molecule has 1 atom stereocenters. The van der Waals surface area contributed by atoms with Crippen LogP contribution in [0.25, 0.3) is 0 Å². The molecule has 0 heterocycles. The maximum absolute atomic E-state index is 12.1. The molecule has 19 heavy (non-hydrogen) atoms. The van der Waals surface area contributed by atoms with Crippen molar-refractivity contribution in [1.29, 1.82) is 5.26 Å². The van der Waals surface area contributed by atoms with Crippen LogP contribution in [-0.4, -0.2) is 21.0 Å². The Labute approximate surface area is 115 Å². The number of hydrogen-bond acceptors (Lipinski definition) is 3. The first-order chi connectivity index (χ1) is 8.87. The fraction of sp³-hybridized carbons (Fsp3) is 0.429. The Kier molecular flexibility index (Phi) is 5.25. The van der Waals surface area contributed by atoms with Crippen molar-refractivity contribution in [2.24, 2.45) is 5.41 Å². The molecule has 0 saturated carbocycles. The lowest BCUT2D eigenvalue weighted by Crippen LogP contribution is -2.11. The molecule has 0 amide bonds. The van der Waals surface area contributed by atoms with Crippen LogP contribution in [0.3, 0.4) is 0 Å². The van der Waals surface area contributed by atoms with Gasteiger partial charge >= 0.3 is 5.97 Å². The van der Waals surface area contributed by atoms with Gasteiger partial charge in [0.05, 0.1) is 32.7 Å². The monoisotopic (exact) mass is 279 g/mol. The third-order valence-corrected chi connectivity index (χ3v) is 4.30. The Bertz CT molecular complexity index is 532. The smallest absolute Gasteiger partial charge is 0.336 e. The fourth-order valence-electron chi connectivity index (χ4n) is 1.65. The highest BCUT2D eigenvalue weighted by molar-refractivity contribution is 7.85. The van der Waals surface area contributed by atoms with E-state index in [0.717, 1.165) is 0 Å². The second-order valence-electron chi connectivity index (χ2n) is 4.95. The van der Waals surface area contributed by atoms with E-state index < -0.39 is 22.2 Å². The molecule has 102 valence electrons. The van der Waals surface area contributed by atoms with Gasteiger partial charge in [0.1, 0.15) is 0 Å². The Morgan fingerprint density at radius 1 is 1.42 bits per heavy atom. The molecule has 1 N–H and O–H groups in total. The number of rotatable bonds is 6. The molecule has 0 aliphatic heterocycles. The first-order valence-corrected chi connectivity index (χ1v) is 7.31. The predicted octanol–water partition coefficient (Wildman–Crippen LogP) is 2.82. The number of carbonyl (C=O) groups is 1. The molecule has 1 rings (SSSR count). The lowest BCUT2D eigenvalue weighted by Gasteiger charge is -2.14. The predicted molar refractivity (Wildman–Crippen MR) is 73.3 cm³/mol. The molecular formula is C14H17NO3S. The van der Waals surface area contributed by atoms with E-state index in [1.54, 1.807) is 18.2 Å². The summed E-state index contributed by atoms with van der Waals surface area (Å²) in [7, 11) is -1.34. The molecule has 0 bridgehead atoms. The summed E-state index contributed by atoms with van der Waals surface area (Å²) in [5.74, 6) is -0.698. The Morgan fingerprint density at radius 3 is 2.63 bits per heavy atom. The van der Waals surface area contributed by atoms with E-state index in [-0.39, 0.29) is 5.56 Å². The average molecular weight is 279 g/mol. The zero-order valence-electron chi connectivity index (χ0n) is 11.0. The van der Waals surface area contributed by atoms with E-state index in [2.05, 4.69) is 6.07 Å². The van der Waals surface area contributed by atoms with E-state index in [1.807, 2.05) is 13.8 Å². The highest BCUT2D eigenvalue weighted by Crippen LogP contribution is 2.22. The van der Waals surface area contributed by atoms with E-state index in [1.165, 1.54) is 6.07 Å². The summed E-state index contributed by atoms with van der Waals surface area (Å²) in [6, 6.07) is 8.52. The van der Waals surface area contributed by atoms with Gasteiger partial charge in [0, 0.05) is 5.75 Å². The van der Waals surface area contributed by atoms with Crippen LogP contribution in [0.15, 0.2) is 29.2 Å². The number of hydrogen-bond donors (Lipinski definition) is 1. The van der Waals surface area contributed by atoms with Crippen LogP contribution in [0.5, 0.6) is 0 Å². The van der Waals surface area contributed by atoms with Crippen molar-refractivity contribution in [3.05, 3.63) is 29.8 Å². The van der Waals surface area contributed by atoms with Crippen LogP contribution in [0.4, 0.5) is 0 Å². The molecule has 0 spiro atoms. The van der Waals surface area contributed by atoms with Gasteiger partial charge in [-0.25, -0.2) is 4.79 Å². The average Bonchev–Trinajstić information content (AvgIpc) is 2.38. The van der Waals surface area contributed by atoms with Crippen molar-refractivity contribution in [3.8, 4) is 6.07 Å². The number of carboxylic acids is 1. The van der Waals surface area contributed by atoms with Crippen molar-refractivity contribution in [2.45, 2.75) is 31.6 Å². The van der Waals surface area contributed by atoms with Gasteiger partial charge in [-0.2, -0.15) is 5.26 Å². The van der Waals surface area contributed by atoms with Gasteiger partial charge < -0.3 is 5.11 Å². The van der Waals surface area contributed by atoms with E-state index >= 15 is 0 Å². The number of benzene rings is 1. The maximum Gasteiger partial charge on any atom is 0.336 e. The normalized spacial score (nSPS) is 12.7. The maximum atomic E-state index is 12.1. The molecule has 0 aromatic heterocycles. The summed E-state index contributed by atoms with van der Waals surface area (Å²) in [4.78, 5) is 11.4. The van der Waals surface area contributed by atoms with Gasteiger partial charge in [0.2, 0.25) is 0 Å². The van der Waals surface area contributed by atoms with Gasteiger partial charge in [0.25, 0.3) is 0 Å². The number of nitrogens with zero attached hydrogens (tertiary/aromatic N) is 1. The van der Waals surface area contributed by atoms with Gasteiger partial charge in [-0.1, -0.05) is 12.1 Å². The molecule has 0 aliphatic rings. The van der Waals surface area contributed by atoms with Crippen LogP contribution >= 0.6 is 0 Å². The zero-order valence-corrected chi connectivity index (χ0v) is 11.9. The van der Waals surface area contributed by atoms with Crippen LogP contribution in [0, 0.1) is 16.7 Å².